The smallest absolute Gasteiger partial charge is 0.259 e. The van der Waals surface area contributed by atoms with Crippen LogP contribution in [0.3, 0.4) is 0 Å². The maximum Gasteiger partial charge on any atom is 0.259 e. The maximum atomic E-state index is 12.8. The third-order valence-corrected chi connectivity index (χ3v) is 5.18. The van der Waals surface area contributed by atoms with Gasteiger partial charge in [-0.15, -0.1) is 0 Å². The van der Waals surface area contributed by atoms with Crippen LogP contribution in [0.25, 0.3) is 0 Å². The molecule has 0 saturated carbocycles. The first-order chi connectivity index (χ1) is 14.1. The molecule has 1 aromatic heterocycles. The van der Waals surface area contributed by atoms with Gasteiger partial charge < -0.3 is 19.7 Å². The molecular formula is C21H28N4O4. The minimum Gasteiger partial charge on any atom is -0.384 e. The lowest BCUT2D eigenvalue weighted by atomic mass is 10.0. The van der Waals surface area contributed by atoms with Crippen LogP contribution < -0.4 is 5.32 Å². The second-order valence-corrected chi connectivity index (χ2v) is 7.03. The number of hydrogen-bond acceptors (Lipinski definition) is 5. The molecule has 1 aromatic carbocycles. The third-order valence-electron chi connectivity index (χ3n) is 5.18. The molecule has 1 atom stereocenters. The maximum absolute atomic E-state index is 12.8. The van der Waals surface area contributed by atoms with E-state index in [2.05, 4.69) is 10.4 Å². The van der Waals surface area contributed by atoms with Crippen LogP contribution in [-0.4, -0.2) is 60.4 Å². The molecule has 8 nitrogen and oxygen atoms in total. The Morgan fingerprint density at radius 2 is 1.90 bits per heavy atom. The number of benzene rings is 1. The topological polar surface area (TPSA) is 85.7 Å². The molecule has 1 aliphatic heterocycles. The molecular weight excluding hydrogens is 372 g/mol. The lowest BCUT2D eigenvalue weighted by molar-refractivity contribution is -0.133. The predicted octanol–water partition coefficient (Wildman–Crippen LogP) is 2.41. The molecule has 29 heavy (non-hydrogen) atoms. The van der Waals surface area contributed by atoms with Crippen molar-refractivity contribution in [2.24, 2.45) is 0 Å². The van der Waals surface area contributed by atoms with E-state index in [4.69, 9.17) is 9.47 Å². The molecule has 0 radical (unpaired) electrons. The number of carbonyl (C=O) groups excluding carboxylic acids is 2. The van der Waals surface area contributed by atoms with Crippen molar-refractivity contribution < 1.29 is 19.1 Å². The van der Waals surface area contributed by atoms with Gasteiger partial charge in [0.2, 0.25) is 5.91 Å². The Labute approximate surface area is 170 Å². The van der Waals surface area contributed by atoms with E-state index in [1.807, 2.05) is 39.9 Å². The molecule has 8 heteroatoms. The molecule has 1 N–H and O–H groups in total. The minimum atomic E-state index is -0.695. The molecule has 2 aromatic rings. The molecule has 2 amide bonds. The zero-order valence-corrected chi connectivity index (χ0v) is 16.9. The number of likely N-dealkylation sites (tertiary alicyclic amines) is 1. The van der Waals surface area contributed by atoms with Crippen molar-refractivity contribution in [3.05, 3.63) is 48.2 Å². The highest BCUT2D eigenvalue weighted by atomic mass is 16.5. The Morgan fingerprint density at radius 3 is 2.55 bits per heavy atom. The van der Waals surface area contributed by atoms with Crippen molar-refractivity contribution in [2.45, 2.75) is 31.4 Å². The van der Waals surface area contributed by atoms with E-state index >= 15 is 0 Å². The number of nitrogens with zero attached hydrogens (tertiary/aromatic N) is 3. The number of anilines is 1. The van der Waals surface area contributed by atoms with Crippen LogP contribution >= 0.6 is 0 Å². The normalized spacial score (nSPS) is 15.9. The summed E-state index contributed by atoms with van der Waals surface area (Å²) in [7, 11) is 3.11. The zero-order valence-electron chi connectivity index (χ0n) is 16.9. The van der Waals surface area contributed by atoms with Gasteiger partial charge in [0.15, 0.2) is 6.10 Å². The summed E-state index contributed by atoms with van der Waals surface area (Å²) in [6.07, 6.45) is 2.96. The van der Waals surface area contributed by atoms with Gasteiger partial charge in [-0.2, -0.15) is 5.10 Å². The standard InChI is InChI=1S/C21H28N4O4/c1-28-15-11-19(26)24-13-9-17(10-14-24)25-18(8-12-22-25)23-21(27)20(29-2)16-6-4-3-5-7-16/h3-8,12,17,20H,9-11,13-15H2,1-2H3,(H,23,27)/t20-/m1/s1. The summed E-state index contributed by atoms with van der Waals surface area (Å²) >= 11 is 0. The Balaban J connectivity index is 1.61. The summed E-state index contributed by atoms with van der Waals surface area (Å²) in [5.74, 6) is 0.509. The van der Waals surface area contributed by atoms with Crippen LogP contribution in [0.15, 0.2) is 42.6 Å². The van der Waals surface area contributed by atoms with Gasteiger partial charge in [0.25, 0.3) is 5.91 Å². The molecule has 0 spiro atoms. The Hall–Kier alpha value is -2.71. The fraction of sp³-hybridized carbons (Fsp3) is 0.476. The Kier molecular flexibility index (Phi) is 7.37. The number of aromatic nitrogens is 2. The van der Waals surface area contributed by atoms with E-state index < -0.39 is 6.10 Å². The first kappa shape index (κ1) is 21.0. The van der Waals surface area contributed by atoms with Crippen LogP contribution in [0, 0.1) is 0 Å². The molecule has 1 fully saturated rings. The zero-order chi connectivity index (χ0) is 20.6. The second-order valence-electron chi connectivity index (χ2n) is 7.03. The average molecular weight is 400 g/mol. The van der Waals surface area contributed by atoms with E-state index in [0.29, 0.717) is 31.9 Å². The van der Waals surface area contributed by atoms with Gasteiger partial charge in [0, 0.05) is 33.4 Å². The molecule has 0 unspecified atom stereocenters. The van der Waals surface area contributed by atoms with E-state index in [1.54, 1.807) is 19.4 Å². The van der Waals surface area contributed by atoms with Crippen LogP contribution in [0.5, 0.6) is 0 Å². The predicted molar refractivity (Wildman–Crippen MR) is 108 cm³/mol. The van der Waals surface area contributed by atoms with Crippen LogP contribution in [-0.2, 0) is 19.1 Å². The number of rotatable bonds is 8. The summed E-state index contributed by atoms with van der Waals surface area (Å²) in [5, 5.41) is 7.35. The van der Waals surface area contributed by atoms with Gasteiger partial charge in [-0.1, -0.05) is 30.3 Å². The number of piperidine rings is 1. The summed E-state index contributed by atoms with van der Waals surface area (Å²) in [4.78, 5) is 26.8. The van der Waals surface area contributed by atoms with Gasteiger partial charge in [-0.25, -0.2) is 4.68 Å². The second kappa shape index (κ2) is 10.2. The van der Waals surface area contributed by atoms with Crippen LogP contribution in [0.2, 0.25) is 0 Å². The van der Waals surface area contributed by atoms with Crippen LogP contribution in [0.4, 0.5) is 5.82 Å². The number of carbonyl (C=O) groups is 2. The molecule has 1 aliphatic rings. The monoisotopic (exact) mass is 400 g/mol. The first-order valence-corrected chi connectivity index (χ1v) is 9.83. The molecule has 0 bridgehead atoms. The Bertz CT molecular complexity index is 800. The SMILES string of the molecule is COCCC(=O)N1CCC(n2nccc2NC(=O)[C@H](OC)c2ccccc2)CC1. The molecule has 1 saturated heterocycles. The van der Waals surface area contributed by atoms with E-state index in [0.717, 1.165) is 18.4 Å². The van der Waals surface area contributed by atoms with Crippen molar-refractivity contribution in [2.75, 3.05) is 39.2 Å². The summed E-state index contributed by atoms with van der Waals surface area (Å²) in [5.41, 5.74) is 0.793. The lowest BCUT2D eigenvalue weighted by Crippen LogP contribution is -2.39. The van der Waals surface area contributed by atoms with Gasteiger partial charge >= 0.3 is 0 Å². The number of hydrogen-bond donors (Lipinski definition) is 1. The summed E-state index contributed by atoms with van der Waals surface area (Å²) in [6, 6.07) is 11.3. The van der Waals surface area contributed by atoms with Gasteiger partial charge in [-0.05, 0) is 18.4 Å². The number of nitrogens with one attached hydrogen (secondary N) is 1. The Morgan fingerprint density at radius 1 is 1.17 bits per heavy atom. The number of amides is 2. The minimum absolute atomic E-state index is 0.116. The van der Waals surface area contributed by atoms with E-state index in [9.17, 15) is 9.59 Å². The van der Waals surface area contributed by atoms with Crippen molar-refractivity contribution in [3.8, 4) is 0 Å². The average Bonchev–Trinajstić information content (AvgIpc) is 3.21. The molecule has 0 aliphatic carbocycles. The fourth-order valence-corrected chi connectivity index (χ4v) is 3.63. The van der Waals surface area contributed by atoms with Gasteiger partial charge in [0.05, 0.1) is 25.3 Å². The number of methoxy groups -OCH3 is 2. The van der Waals surface area contributed by atoms with E-state index in [-0.39, 0.29) is 17.9 Å². The van der Waals surface area contributed by atoms with Crippen molar-refractivity contribution in [3.63, 3.8) is 0 Å². The summed E-state index contributed by atoms with van der Waals surface area (Å²) in [6.45, 7) is 1.78. The fourth-order valence-electron chi connectivity index (χ4n) is 3.63. The summed E-state index contributed by atoms with van der Waals surface area (Å²) < 4.78 is 12.2. The highest BCUT2D eigenvalue weighted by Crippen LogP contribution is 2.27. The molecule has 156 valence electrons. The van der Waals surface area contributed by atoms with Crippen molar-refractivity contribution >= 4 is 17.6 Å². The van der Waals surface area contributed by atoms with Crippen molar-refractivity contribution in [1.29, 1.82) is 0 Å². The largest absolute Gasteiger partial charge is 0.384 e. The highest BCUT2D eigenvalue weighted by molar-refractivity contribution is 5.94. The van der Waals surface area contributed by atoms with E-state index in [1.165, 1.54) is 7.11 Å². The van der Waals surface area contributed by atoms with Crippen molar-refractivity contribution in [1.82, 2.24) is 14.7 Å². The van der Waals surface area contributed by atoms with Gasteiger partial charge in [-0.3, -0.25) is 9.59 Å². The third kappa shape index (κ3) is 5.21. The van der Waals surface area contributed by atoms with Crippen LogP contribution in [0.1, 0.15) is 37.0 Å². The molecule has 3 rings (SSSR count). The quantitative estimate of drug-likeness (QED) is 0.735. The number of ether oxygens (including phenoxy) is 2. The van der Waals surface area contributed by atoms with Gasteiger partial charge in [0.1, 0.15) is 5.82 Å². The lowest BCUT2D eigenvalue weighted by Gasteiger charge is -2.33. The first-order valence-electron chi connectivity index (χ1n) is 9.83. The molecule has 2 heterocycles. The highest BCUT2D eigenvalue weighted by Gasteiger charge is 2.27.